The minimum absolute atomic E-state index is 0.0375. The fourth-order valence-electron chi connectivity index (χ4n) is 3.49. The largest absolute Gasteiger partial charge is 0.329 e. The summed E-state index contributed by atoms with van der Waals surface area (Å²) in [6.07, 6.45) is 3.62. The second-order valence-corrected chi connectivity index (χ2v) is 9.09. The first kappa shape index (κ1) is 17.4. The van der Waals surface area contributed by atoms with E-state index < -0.39 is 10.8 Å². The van der Waals surface area contributed by atoms with E-state index in [1.807, 2.05) is 47.4 Å². The highest BCUT2D eigenvalue weighted by Gasteiger charge is 2.32. The first-order valence-corrected chi connectivity index (χ1v) is 11.2. The normalized spacial score (nSPS) is 18.3. The minimum Gasteiger partial charge on any atom is -0.329 e. The number of amides is 1. The van der Waals surface area contributed by atoms with E-state index in [1.165, 1.54) is 0 Å². The average molecular weight is 385 g/mol. The van der Waals surface area contributed by atoms with E-state index in [-0.39, 0.29) is 11.9 Å². The molecule has 6 heteroatoms. The lowest BCUT2D eigenvalue weighted by Gasteiger charge is -2.23. The van der Waals surface area contributed by atoms with Crippen molar-refractivity contribution in [2.75, 3.05) is 12.8 Å². The molecule has 1 aromatic heterocycles. The molecule has 2 heterocycles. The van der Waals surface area contributed by atoms with Gasteiger partial charge in [-0.15, -0.1) is 11.3 Å². The van der Waals surface area contributed by atoms with E-state index in [0.29, 0.717) is 11.3 Å². The summed E-state index contributed by atoms with van der Waals surface area (Å²) in [7, 11) is -0.919. The number of carbonyl (C=O) groups excluding carboxylic acids is 1. The molecule has 0 spiro atoms. The number of fused-ring (bicyclic) bond motifs is 1. The number of nitrogens with zero attached hydrogens (tertiary/aromatic N) is 2. The third kappa shape index (κ3) is 3.44. The van der Waals surface area contributed by atoms with Crippen LogP contribution < -0.4 is 0 Å². The van der Waals surface area contributed by atoms with Gasteiger partial charge in [-0.25, -0.2) is 4.98 Å². The lowest BCUT2D eigenvalue weighted by Crippen LogP contribution is -2.30. The van der Waals surface area contributed by atoms with E-state index in [1.54, 1.807) is 17.6 Å². The van der Waals surface area contributed by atoms with Gasteiger partial charge in [-0.1, -0.05) is 24.3 Å². The maximum Gasteiger partial charge on any atom is 0.254 e. The van der Waals surface area contributed by atoms with Crippen LogP contribution in [0.3, 0.4) is 0 Å². The van der Waals surface area contributed by atoms with Crippen molar-refractivity contribution in [3.8, 4) is 0 Å². The fraction of sp³-hybridized carbons (Fsp3) is 0.300. The quantitative estimate of drug-likeness (QED) is 0.679. The number of rotatable bonds is 4. The number of thiazole rings is 1. The zero-order valence-corrected chi connectivity index (χ0v) is 16.2. The predicted octanol–water partition coefficient (Wildman–Crippen LogP) is 4.15. The van der Waals surface area contributed by atoms with Gasteiger partial charge >= 0.3 is 0 Å². The molecule has 2 atom stereocenters. The molecule has 1 aliphatic rings. The number of likely N-dealkylation sites (tertiary alicyclic amines) is 1. The van der Waals surface area contributed by atoms with Crippen LogP contribution in [0.1, 0.15) is 39.8 Å². The van der Waals surface area contributed by atoms with Crippen LogP contribution >= 0.6 is 11.3 Å². The molecule has 0 radical (unpaired) electrons. The Kier molecular flexibility index (Phi) is 4.87. The molecule has 1 aliphatic heterocycles. The summed E-state index contributed by atoms with van der Waals surface area (Å²) in [6.45, 7) is 0.753. The van der Waals surface area contributed by atoms with Crippen molar-refractivity contribution in [2.45, 2.75) is 24.6 Å². The molecule has 0 aliphatic carbocycles. The molecule has 1 saturated heterocycles. The van der Waals surface area contributed by atoms with Gasteiger partial charge < -0.3 is 4.90 Å². The van der Waals surface area contributed by atoms with Crippen LogP contribution in [0, 0.1) is 0 Å². The molecule has 0 saturated carbocycles. The molecule has 1 amide bonds. The van der Waals surface area contributed by atoms with Gasteiger partial charge in [-0.05, 0) is 42.7 Å². The molecule has 26 heavy (non-hydrogen) atoms. The second-order valence-electron chi connectivity index (χ2n) is 6.59. The number of carbonyl (C=O) groups is 1. The number of para-hydroxylation sites is 1. The molecule has 1 fully saturated rings. The number of aromatic nitrogens is 1. The maximum absolute atomic E-state index is 13.1. The first-order chi connectivity index (χ1) is 12.6. The summed E-state index contributed by atoms with van der Waals surface area (Å²) in [4.78, 5) is 19.8. The van der Waals surface area contributed by atoms with Gasteiger partial charge in [0.05, 0.1) is 16.3 Å². The van der Waals surface area contributed by atoms with E-state index in [4.69, 9.17) is 4.98 Å². The number of benzene rings is 2. The molecule has 0 N–H and O–H groups in total. The third-order valence-corrected chi connectivity index (χ3v) is 6.53. The Bertz CT molecular complexity index is 950. The Morgan fingerprint density at radius 3 is 2.92 bits per heavy atom. The van der Waals surface area contributed by atoms with Crippen molar-refractivity contribution in [3.63, 3.8) is 0 Å². The number of hydrogen-bond acceptors (Lipinski definition) is 4. The topological polar surface area (TPSA) is 50.3 Å². The minimum atomic E-state index is -0.919. The van der Waals surface area contributed by atoms with E-state index >= 15 is 0 Å². The zero-order chi connectivity index (χ0) is 18.1. The Hall–Kier alpha value is -2.05. The van der Waals surface area contributed by atoms with E-state index in [9.17, 15) is 9.00 Å². The second kappa shape index (κ2) is 7.29. The lowest BCUT2D eigenvalue weighted by molar-refractivity contribution is 0.0735. The van der Waals surface area contributed by atoms with Gasteiger partial charge in [0, 0.05) is 34.9 Å². The van der Waals surface area contributed by atoms with Crippen molar-refractivity contribution in [1.82, 2.24) is 9.88 Å². The average Bonchev–Trinajstić information content (AvgIpc) is 3.27. The van der Waals surface area contributed by atoms with Crippen molar-refractivity contribution in [3.05, 3.63) is 64.7 Å². The van der Waals surface area contributed by atoms with Crippen LogP contribution in [0.5, 0.6) is 0 Å². The molecule has 2 aromatic carbocycles. The SMILES string of the molecule is CS(=O)Cc1cccc(C(=O)N2CCCC2c2nc3ccccc3s2)c1. The standard InChI is InChI=1S/C20H20N2O2S2/c1-26(24)13-14-6-4-7-15(12-14)20(23)22-11-5-9-17(22)19-21-16-8-2-3-10-18(16)25-19/h2-4,6-8,10,12,17H,5,9,11,13H2,1H3. The van der Waals surface area contributed by atoms with E-state index in [0.717, 1.165) is 40.2 Å². The Morgan fingerprint density at radius 2 is 2.12 bits per heavy atom. The summed E-state index contributed by atoms with van der Waals surface area (Å²) in [5.74, 6) is 0.512. The van der Waals surface area contributed by atoms with Gasteiger partial charge in [0.25, 0.3) is 5.91 Å². The van der Waals surface area contributed by atoms with Crippen LogP contribution in [-0.2, 0) is 16.6 Å². The summed E-state index contributed by atoms with van der Waals surface area (Å²) in [6, 6.07) is 15.7. The molecular formula is C20H20N2O2S2. The molecular weight excluding hydrogens is 364 g/mol. The highest BCUT2D eigenvalue weighted by atomic mass is 32.2. The summed E-state index contributed by atoms with van der Waals surface area (Å²) in [5.41, 5.74) is 2.60. The highest BCUT2D eigenvalue weighted by Crippen LogP contribution is 2.37. The Balaban J connectivity index is 1.61. The molecule has 4 nitrogen and oxygen atoms in total. The third-order valence-electron chi connectivity index (χ3n) is 4.65. The van der Waals surface area contributed by atoms with Crippen molar-refractivity contribution < 1.29 is 9.00 Å². The van der Waals surface area contributed by atoms with Crippen molar-refractivity contribution >= 4 is 38.3 Å². The molecule has 3 aromatic rings. The smallest absolute Gasteiger partial charge is 0.254 e. The molecule has 2 unspecified atom stereocenters. The lowest BCUT2D eigenvalue weighted by atomic mass is 10.1. The van der Waals surface area contributed by atoms with Gasteiger partial charge in [0.1, 0.15) is 5.01 Å². The van der Waals surface area contributed by atoms with Crippen LogP contribution in [0.15, 0.2) is 48.5 Å². The molecule has 134 valence electrons. The predicted molar refractivity (Wildman–Crippen MR) is 107 cm³/mol. The zero-order valence-electron chi connectivity index (χ0n) is 14.6. The Labute approximate surface area is 159 Å². The van der Waals surface area contributed by atoms with Gasteiger partial charge in [0.15, 0.2) is 0 Å². The maximum atomic E-state index is 13.1. The fourth-order valence-corrected chi connectivity index (χ4v) is 5.26. The monoisotopic (exact) mass is 384 g/mol. The molecule has 4 rings (SSSR count). The summed E-state index contributed by atoms with van der Waals surface area (Å²) < 4.78 is 12.6. The van der Waals surface area contributed by atoms with E-state index in [2.05, 4.69) is 6.07 Å². The van der Waals surface area contributed by atoms with Crippen molar-refractivity contribution in [2.24, 2.45) is 0 Å². The van der Waals surface area contributed by atoms with Crippen molar-refractivity contribution in [1.29, 1.82) is 0 Å². The van der Waals surface area contributed by atoms with Gasteiger partial charge in [0.2, 0.25) is 0 Å². The Morgan fingerprint density at radius 1 is 1.27 bits per heavy atom. The van der Waals surface area contributed by atoms with Gasteiger partial charge in [-0.3, -0.25) is 9.00 Å². The highest BCUT2D eigenvalue weighted by molar-refractivity contribution is 7.83. The summed E-state index contributed by atoms with van der Waals surface area (Å²) >= 11 is 1.68. The van der Waals surface area contributed by atoms with Crippen LogP contribution in [0.2, 0.25) is 0 Å². The van der Waals surface area contributed by atoms with Gasteiger partial charge in [-0.2, -0.15) is 0 Å². The molecule has 0 bridgehead atoms. The number of hydrogen-bond donors (Lipinski definition) is 0. The summed E-state index contributed by atoms with van der Waals surface area (Å²) in [5, 5.41) is 1.02. The van der Waals surface area contributed by atoms with Crippen LogP contribution in [-0.4, -0.2) is 32.8 Å². The first-order valence-electron chi connectivity index (χ1n) is 8.67. The van der Waals surface area contributed by atoms with Crippen LogP contribution in [0.25, 0.3) is 10.2 Å². The van der Waals surface area contributed by atoms with Crippen LogP contribution in [0.4, 0.5) is 0 Å².